The standard InChI is InChI=1S/C14H30O2.C7H8/c1-4-7-8-9-10-11-12-13-14(15-5-2)16-6-3;1-7-5-3-2-4-6-7/h14H,4-13H2,1-3H3;2-6H,1H3. The fraction of sp³-hybridized carbons (Fsp3) is 0.714. The molecule has 0 unspecified atom stereocenters. The molecule has 134 valence electrons. The van der Waals surface area contributed by atoms with Crippen LogP contribution in [-0.4, -0.2) is 19.5 Å². The van der Waals surface area contributed by atoms with Crippen LogP contribution < -0.4 is 0 Å². The number of hydrogen-bond donors (Lipinski definition) is 0. The molecule has 0 bridgehead atoms. The normalized spacial score (nSPS) is 10.5. The Kier molecular flexibility index (Phi) is 16.8. The van der Waals surface area contributed by atoms with Crippen LogP contribution in [0.5, 0.6) is 0 Å². The van der Waals surface area contributed by atoms with Crippen LogP contribution in [-0.2, 0) is 9.47 Å². The lowest BCUT2D eigenvalue weighted by Gasteiger charge is -2.16. The predicted molar refractivity (Wildman–Crippen MR) is 101 cm³/mol. The number of ether oxygens (including phenoxy) is 2. The summed E-state index contributed by atoms with van der Waals surface area (Å²) < 4.78 is 11.0. The topological polar surface area (TPSA) is 18.5 Å². The summed E-state index contributed by atoms with van der Waals surface area (Å²) in [5.74, 6) is 0. The Morgan fingerprint density at radius 1 is 0.739 bits per heavy atom. The second-order valence-corrected chi connectivity index (χ2v) is 5.90. The van der Waals surface area contributed by atoms with Crippen LogP contribution >= 0.6 is 0 Å². The smallest absolute Gasteiger partial charge is 0.157 e. The van der Waals surface area contributed by atoms with Crippen LogP contribution in [0.2, 0.25) is 0 Å². The van der Waals surface area contributed by atoms with Gasteiger partial charge in [0.15, 0.2) is 6.29 Å². The molecule has 1 aromatic rings. The molecule has 0 fully saturated rings. The second kappa shape index (κ2) is 17.5. The van der Waals surface area contributed by atoms with Crippen LogP contribution in [0.3, 0.4) is 0 Å². The zero-order valence-electron chi connectivity index (χ0n) is 15.9. The van der Waals surface area contributed by atoms with E-state index in [1.807, 2.05) is 32.0 Å². The van der Waals surface area contributed by atoms with Crippen LogP contribution in [0.1, 0.15) is 77.7 Å². The van der Waals surface area contributed by atoms with E-state index in [9.17, 15) is 0 Å². The molecule has 2 nitrogen and oxygen atoms in total. The van der Waals surface area contributed by atoms with E-state index in [2.05, 4.69) is 26.0 Å². The third-order valence-electron chi connectivity index (χ3n) is 3.69. The molecule has 1 aromatic carbocycles. The van der Waals surface area contributed by atoms with E-state index in [1.54, 1.807) is 0 Å². The minimum Gasteiger partial charge on any atom is -0.353 e. The van der Waals surface area contributed by atoms with Gasteiger partial charge >= 0.3 is 0 Å². The van der Waals surface area contributed by atoms with E-state index in [4.69, 9.17) is 9.47 Å². The highest BCUT2D eigenvalue weighted by atomic mass is 16.7. The number of unbranched alkanes of at least 4 members (excludes halogenated alkanes) is 6. The van der Waals surface area contributed by atoms with Gasteiger partial charge in [-0.2, -0.15) is 0 Å². The quantitative estimate of drug-likeness (QED) is 0.322. The summed E-state index contributed by atoms with van der Waals surface area (Å²) in [6.45, 7) is 9.89. The monoisotopic (exact) mass is 322 g/mol. The average Bonchev–Trinajstić information content (AvgIpc) is 2.56. The summed E-state index contributed by atoms with van der Waals surface area (Å²) in [5.41, 5.74) is 1.32. The van der Waals surface area contributed by atoms with Gasteiger partial charge in [-0.25, -0.2) is 0 Å². The van der Waals surface area contributed by atoms with Gasteiger partial charge in [0.2, 0.25) is 0 Å². The molecule has 0 saturated carbocycles. The molecule has 23 heavy (non-hydrogen) atoms. The number of rotatable bonds is 12. The first kappa shape index (κ1) is 22.1. The lowest BCUT2D eigenvalue weighted by molar-refractivity contribution is -0.140. The van der Waals surface area contributed by atoms with Crippen molar-refractivity contribution < 1.29 is 9.47 Å². The van der Waals surface area contributed by atoms with Gasteiger partial charge in [0.1, 0.15) is 0 Å². The molecular weight excluding hydrogens is 284 g/mol. The average molecular weight is 323 g/mol. The summed E-state index contributed by atoms with van der Waals surface area (Å²) in [6.07, 6.45) is 10.5. The van der Waals surface area contributed by atoms with Crippen molar-refractivity contribution in [2.75, 3.05) is 13.2 Å². The lowest BCUT2D eigenvalue weighted by atomic mass is 10.1. The molecular formula is C21H38O2. The molecule has 0 aromatic heterocycles. The van der Waals surface area contributed by atoms with Crippen molar-refractivity contribution in [2.24, 2.45) is 0 Å². The van der Waals surface area contributed by atoms with Gasteiger partial charge in [0.25, 0.3) is 0 Å². The van der Waals surface area contributed by atoms with Crippen molar-refractivity contribution in [1.82, 2.24) is 0 Å². The Balaban J connectivity index is 0.000000568. The predicted octanol–water partition coefficient (Wildman–Crippen LogP) is 6.52. The van der Waals surface area contributed by atoms with E-state index >= 15 is 0 Å². The third kappa shape index (κ3) is 15.8. The summed E-state index contributed by atoms with van der Waals surface area (Å²) in [7, 11) is 0. The summed E-state index contributed by atoms with van der Waals surface area (Å²) in [4.78, 5) is 0. The zero-order valence-corrected chi connectivity index (χ0v) is 15.9. The molecule has 0 heterocycles. The molecule has 0 N–H and O–H groups in total. The minimum atomic E-state index is 0.0330. The first-order chi connectivity index (χ1) is 11.2. The van der Waals surface area contributed by atoms with E-state index in [0.29, 0.717) is 0 Å². The van der Waals surface area contributed by atoms with Crippen molar-refractivity contribution in [3.63, 3.8) is 0 Å². The Hall–Kier alpha value is -0.860. The third-order valence-corrected chi connectivity index (χ3v) is 3.69. The highest BCUT2D eigenvalue weighted by molar-refractivity contribution is 5.11. The van der Waals surface area contributed by atoms with Gasteiger partial charge in [-0.3, -0.25) is 0 Å². The second-order valence-electron chi connectivity index (χ2n) is 5.90. The SMILES string of the molecule is CCCCCCCCCC(OCC)OCC.Cc1ccccc1. The first-order valence-corrected chi connectivity index (χ1v) is 9.49. The molecule has 1 rings (SSSR count). The zero-order chi connectivity index (χ0) is 17.2. The maximum atomic E-state index is 5.51. The highest BCUT2D eigenvalue weighted by Crippen LogP contribution is 2.11. The molecule has 2 heteroatoms. The first-order valence-electron chi connectivity index (χ1n) is 9.49. The fourth-order valence-corrected chi connectivity index (χ4v) is 2.39. The summed E-state index contributed by atoms with van der Waals surface area (Å²) in [6, 6.07) is 10.3. The summed E-state index contributed by atoms with van der Waals surface area (Å²) >= 11 is 0. The molecule has 0 saturated heterocycles. The largest absolute Gasteiger partial charge is 0.353 e. The molecule has 0 aliphatic heterocycles. The molecule has 0 radical (unpaired) electrons. The molecule has 0 spiro atoms. The van der Waals surface area contributed by atoms with Gasteiger partial charge in [-0.15, -0.1) is 0 Å². The van der Waals surface area contributed by atoms with Crippen molar-refractivity contribution in [1.29, 1.82) is 0 Å². The Morgan fingerprint density at radius 3 is 1.70 bits per heavy atom. The van der Waals surface area contributed by atoms with Crippen molar-refractivity contribution in [3.8, 4) is 0 Å². The van der Waals surface area contributed by atoms with Crippen LogP contribution in [0.15, 0.2) is 30.3 Å². The Morgan fingerprint density at radius 2 is 1.26 bits per heavy atom. The maximum absolute atomic E-state index is 5.51. The molecule has 0 amide bonds. The Labute approximate surface area is 144 Å². The number of hydrogen-bond acceptors (Lipinski definition) is 2. The van der Waals surface area contributed by atoms with E-state index in [-0.39, 0.29) is 6.29 Å². The van der Waals surface area contributed by atoms with Crippen molar-refractivity contribution in [3.05, 3.63) is 35.9 Å². The van der Waals surface area contributed by atoms with Crippen LogP contribution in [0.25, 0.3) is 0 Å². The maximum Gasteiger partial charge on any atom is 0.157 e. The van der Waals surface area contributed by atoms with Crippen molar-refractivity contribution >= 4 is 0 Å². The van der Waals surface area contributed by atoms with E-state index in [1.165, 1.54) is 50.5 Å². The fourth-order valence-electron chi connectivity index (χ4n) is 2.39. The molecule has 0 aliphatic rings. The number of benzene rings is 1. The van der Waals surface area contributed by atoms with Gasteiger partial charge in [0.05, 0.1) is 0 Å². The van der Waals surface area contributed by atoms with Crippen LogP contribution in [0, 0.1) is 6.92 Å². The van der Waals surface area contributed by atoms with E-state index < -0.39 is 0 Å². The molecule has 0 aliphatic carbocycles. The van der Waals surface area contributed by atoms with Gasteiger partial charge in [-0.1, -0.05) is 81.3 Å². The summed E-state index contributed by atoms with van der Waals surface area (Å²) in [5, 5.41) is 0. The van der Waals surface area contributed by atoms with Crippen molar-refractivity contribution in [2.45, 2.75) is 85.4 Å². The number of aryl methyl sites for hydroxylation is 1. The van der Waals surface area contributed by atoms with Gasteiger partial charge in [-0.05, 0) is 33.6 Å². The minimum absolute atomic E-state index is 0.0330. The van der Waals surface area contributed by atoms with Crippen LogP contribution in [0.4, 0.5) is 0 Å². The Bertz CT molecular complexity index is 318. The highest BCUT2D eigenvalue weighted by Gasteiger charge is 2.06. The lowest BCUT2D eigenvalue weighted by Crippen LogP contribution is -2.17. The van der Waals surface area contributed by atoms with Gasteiger partial charge < -0.3 is 9.47 Å². The molecule has 0 atom stereocenters. The van der Waals surface area contributed by atoms with Gasteiger partial charge in [0, 0.05) is 13.2 Å². The van der Waals surface area contributed by atoms with E-state index in [0.717, 1.165) is 19.6 Å².